The van der Waals surface area contributed by atoms with Crippen molar-refractivity contribution in [3.05, 3.63) is 101 Å². The quantitative estimate of drug-likeness (QED) is 0.415. The molecule has 3 atom stereocenters. The molecular formula is C26H27NO5S. The van der Waals surface area contributed by atoms with Crippen LogP contribution in [0.25, 0.3) is 0 Å². The van der Waals surface area contributed by atoms with E-state index in [1.165, 1.54) is 0 Å². The Morgan fingerprint density at radius 2 is 1.55 bits per heavy atom. The number of ether oxygens (including phenoxy) is 2. The number of hydrogen-bond acceptors (Lipinski definition) is 6. The molecule has 0 saturated carbocycles. The van der Waals surface area contributed by atoms with Gasteiger partial charge in [-0.15, -0.1) is 11.8 Å². The average Bonchev–Trinajstić information content (AvgIpc) is 2.87. The first-order valence-electron chi connectivity index (χ1n) is 10.8. The fourth-order valence-electron chi connectivity index (χ4n) is 3.72. The number of aliphatic hydroxyl groups is 1. The van der Waals surface area contributed by atoms with Gasteiger partial charge in [0.1, 0.15) is 0 Å². The fraction of sp³-hybridized carbons (Fsp3) is 0.269. The molecule has 0 aliphatic carbocycles. The molecule has 0 radical (unpaired) electrons. The number of carboxylic acid groups (broad SMARTS) is 1. The minimum absolute atomic E-state index is 0.00493. The van der Waals surface area contributed by atoms with Gasteiger partial charge in [-0.25, -0.2) is 4.79 Å². The van der Waals surface area contributed by atoms with Gasteiger partial charge in [-0.2, -0.15) is 0 Å². The molecule has 0 unspecified atom stereocenters. The zero-order valence-corrected chi connectivity index (χ0v) is 18.9. The molecule has 3 aromatic rings. The Kier molecular flexibility index (Phi) is 7.80. The molecule has 0 bridgehead atoms. The number of thioether (sulfide) groups is 1. The van der Waals surface area contributed by atoms with Crippen molar-refractivity contribution in [2.45, 2.75) is 43.0 Å². The van der Waals surface area contributed by atoms with E-state index in [4.69, 9.17) is 20.3 Å². The third-order valence-corrected chi connectivity index (χ3v) is 6.78. The molecular weight excluding hydrogens is 438 g/mol. The molecule has 33 heavy (non-hydrogen) atoms. The van der Waals surface area contributed by atoms with Crippen molar-refractivity contribution < 1.29 is 24.5 Å². The van der Waals surface area contributed by atoms with Gasteiger partial charge < -0.3 is 25.4 Å². The summed E-state index contributed by atoms with van der Waals surface area (Å²) in [6.07, 6.45) is -0.0286. The highest BCUT2D eigenvalue weighted by atomic mass is 32.2. The molecule has 1 aliphatic heterocycles. The van der Waals surface area contributed by atoms with Crippen LogP contribution in [0.3, 0.4) is 0 Å². The van der Waals surface area contributed by atoms with E-state index in [0.29, 0.717) is 18.7 Å². The van der Waals surface area contributed by atoms with Gasteiger partial charge in [-0.3, -0.25) is 0 Å². The van der Waals surface area contributed by atoms with Crippen molar-refractivity contribution in [2.75, 3.05) is 5.75 Å². The van der Waals surface area contributed by atoms with Gasteiger partial charge in [0.05, 0.1) is 24.4 Å². The maximum atomic E-state index is 11.1. The SMILES string of the molecule is NCc1ccc([C@H]2O[C@@H](CSc3ccc(C(=O)O)cc3)C[C@@H](c3ccc(CO)cc3)O2)cc1. The summed E-state index contributed by atoms with van der Waals surface area (Å²) >= 11 is 1.63. The molecule has 0 amide bonds. The van der Waals surface area contributed by atoms with Crippen LogP contribution < -0.4 is 5.73 Å². The van der Waals surface area contributed by atoms with Crippen molar-refractivity contribution in [3.8, 4) is 0 Å². The second-order valence-electron chi connectivity index (χ2n) is 7.94. The molecule has 6 nitrogen and oxygen atoms in total. The van der Waals surface area contributed by atoms with Crippen LogP contribution in [0.2, 0.25) is 0 Å². The molecule has 1 aliphatic rings. The van der Waals surface area contributed by atoms with E-state index in [1.807, 2.05) is 60.7 Å². The van der Waals surface area contributed by atoms with Crippen LogP contribution in [0.1, 0.15) is 51.4 Å². The summed E-state index contributed by atoms with van der Waals surface area (Å²) in [5, 5.41) is 18.4. The van der Waals surface area contributed by atoms with Crippen molar-refractivity contribution in [1.82, 2.24) is 0 Å². The first-order valence-corrected chi connectivity index (χ1v) is 11.8. The van der Waals surface area contributed by atoms with Crippen LogP contribution in [0, 0.1) is 0 Å². The Balaban J connectivity index is 1.50. The maximum Gasteiger partial charge on any atom is 0.335 e. The monoisotopic (exact) mass is 465 g/mol. The van der Waals surface area contributed by atoms with Crippen molar-refractivity contribution in [2.24, 2.45) is 5.73 Å². The van der Waals surface area contributed by atoms with Crippen molar-refractivity contribution >= 4 is 17.7 Å². The fourth-order valence-corrected chi connectivity index (χ4v) is 4.64. The highest BCUT2D eigenvalue weighted by Gasteiger charge is 2.32. The maximum absolute atomic E-state index is 11.1. The number of carboxylic acids is 1. The van der Waals surface area contributed by atoms with Crippen molar-refractivity contribution in [3.63, 3.8) is 0 Å². The van der Waals surface area contributed by atoms with Crippen LogP contribution >= 0.6 is 11.8 Å². The molecule has 1 fully saturated rings. The summed E-state index contributed by atoms with van der Waals surface area (Å²) in [7, 11) is 0. The van der Waals surface area contributed by atoms with Gasteiger partial charge in [0.15, 0.2) is 6.29 Å². The molecule has 4 N–H and O–H groups in total. The second-order valence-corrected chi connectivity index (χ2v) is 9.03. The van der Waals surface area contributed by atoms with Crippen LogP contribution in [-0.4, -0.2) is 28.0 Å². The summed E-state index contributed by atoms with van der Waals surface area (Å²) in [6, 6.07) is 22.6. The number of aromatic carboxylic acids is 1. The average molecular weight is 466 g/mol. The molecule has 7 heteroatoms. The number of benzene rings is 3. The molecule has 0 aromatic heterocycles. The van der Waals surface area contributed by atoms with Gasteiger partial charge in [0.2, 0.25) is 0 Å². The zero-order valence-electron chi connectivity index (χ0n) is 18.1. The Morgan fingerprint density at radius 3 is 2.15 bits per heavy atom. The van der Waals surface area contributed by atoms with Gasteiger partial charge >= 0.3 is 5.97 Å². The van der Waals surface area contributed by atoms with Gasteiger partial charge in [-0.05, 0) is 41.0 Å². The lowest BCUT2D eigenvalue weighted by atomic mass is 10.0. The summed E-state index contributed by atoms with van der Waals surface area (Å²) in [5.74, 6) is -0.226. The van der Waals surface area contributed by atoms with Crippen LogP contribution in [-0.2, 0) is 22.6 Å². The predicted octanol–water partition coefficient (Wildman–Crippen LogP) is 4.67. The Morgan fingerprint density at radius 1 is 0.909 bits per heavy atom. The number of nitrogens with two attached hydrogens (primary N) is 1. The van der Waals surface area contributed by atoms with E-state index in [1.54, 1.807) is 23.9 Å². The molecule has 1 heterocycles. The molecule has 4 rings (SSSR count). The van der Waals surface area contributed by atoms with E-state index >= 15 is 0 Å². The molecule has 172 valence electrons. The summed E-state index contributed by atoms with van der Waals surface area (Å²) in [6.45, 7) is 0.484. The minimum Gasteiger partial charge on any atom is -0.478 e. The van der Waals surface area contributed by atoms with E-state index in [-0.39, 0.29) is 24.4 Å². The Labute approximate surface area is 197 Å². The third kappa shape index (κ3) is 6.01. The van der Waals surface area contributed by atoms with Gasteiger partial charge in [0.25, 0.3) is 0 Å². The van der Waals surface area contributed by atoms with Crippen LogP contribution in [0.15, 0.2) is 77.7 Å². The van der Waals surface area contributed by atoms with Crippen LogP contribution in [0.5, 0.6) is 0 Å². The van der Waals surface area contributed by atoms with Gasteiger partial charge in [-0.1, -0.05) is 48.5 Å². The highest BCUT2D eigenvalue weighted by Crippen LogP contribution is 2.39. The smallest absolute Gasteiger partial charge is 0.335 e. The first kappa shape index (κ1) is 23.5. The summed E-state index contributed by atoms with van der Waals surface area (Å²) < 4.78 is 12.7. The number of carbonyl (C=O) groups is 1. The Bertz CT molecular complexity index is 998. The molecule has 0 spiro atoms. The lowest BCUT2D eigenvalue weighted by Crippen LogP contribution is -2.31. The predicted molar refractivity (Wildman–Crippen MR) is 127 cm³/mol. The van der Waals surface area contributed by atoms with E-state index < -0.39 is 12.3 Å². The van der Waals surface area contributed by atoms with Crippen LogP contribution in [0.4, 0.5) is 0 Å². The van der Waals surface area contributed by atoms with E-state index in [2.05, 4.69) is 0 Å². The first-order chi connectivity index (χ1) is 16.1. The topological polar surface area (TPSA) is 102 Å². The van der Waals surface area contributed by atoms with E-state index in [0.717, 1.165) is 27.1 Å². The highest BCUT2D eigenvalue weighted by molar-refractivity contribution is 7.99. The summed E-state index contributed by atoms with van der Waals surface area (Å²) in [4.78, 5) is 12.1. The molecule has 1 saturated heterocycles. The summed E-state index contributed by atoms with van der Waals surface area (Å²) in [5.41, 5.74) is 9.88. The zero-order chi connectivity index (χ0) is 23.2. The number of aliphatic hydroxyl groups excluding tert-OH is 1. The lowest BCUT2D eigenvalue weighted by molar-refractivity contribution is -0.245. The number of hydrogen-bond donors (Lipinski definition) is 3. The lowest BCUT2D eigenvalue weighted by Gasteiger charge is -2.36. The standard InChI is InChI=1S/C26H27NO5S/c27-14-17-1-7-21(8-2-17)26-31-22(16-33-23-11-9-20(10-12-23)25(29)30)13-24(32-26)19-5-3-18(15-28)4-6-19/h1-12,22,24,26,28H,13-16,27H2,(H,29,30)/t22-,24+,26+/m1/s1. The van der Waals surface area contributed by atoms with Crippen molar-refractivity contribution in [1.29, 1.82) is 0 Å². The minimum atomic E-state index is -0.933. The molecule has 3 aromatic carbocycles. The Hall–Kier alpha value is -2.68. The van der Waals surface area contributed by atoms with E-state index in [9.17, 15) is 9.90 Å². The second kappa shape index (κ2) is 11.0. The van der Waals surface area contributed by atoms with Gasteiger partial charge in [0, 0.05) is 29.2 Å². The largest absolute Gasteiger partial charge is 0.478 e. The third-order valence-electron chi connectivity index (χ3n) is 5.64. The number of rotatable bonds is 8. The normalized spacial score (nSPS) is 20.5.